The fourth-order valence-electron chi connectivity index (χ4n) is 2.23. The first kappa shape index (κ1) is 19.1. The van der Waals surface area contributed by atoms with Gasteiger partial charge in [-0.3, -0.25) is 10.1 Å². The van der Waals surface area contributed by atoms with E-state index in [-0.39, 0.29) is 9.47 Å². The van der Waals surface area contributed by atoms with Crippen LogP contribution in [0.15, 0.2) is 58.9 Å². The van der Waals surface area contributed by atoms with Crippen LogP contribution in [0.4, 0.5) is 9.52 Å². The molecule has 0 fully saturated rings. The van der Waals surface area contributed by atoms with Gasteiger partial charge in [0.15, 0.2) is 0 Å². The SMILES string of the molecule is CC(NS(=O)(=O)c1nnc(NC(=O)c2ccccc2)s1)c1ccc(F)cc1. The fourth-order valence-corrected chi connectivity index (χ4v) is 4.37. The van der Waals surface area contributed by atoms with Crippen molar-refractivity contribution in [1.82, 2.24) is 14.9 Å². The van der Waals surface area contributed by atoms with Crippen molar-refractivity contribution >= 4 is 32.4 Å². The highest BCUT2D eigenvalue weighted by molar-refractivity contribution is 7.91. The van der Waals surface area contributed by atoms with Crippen molar-refractivity contribution in [3.63, 3.8) is 0 Å². The third kappa shape index (κ3) is 4.73. The van der Waals surface area contributed by atoms with E-state index in [9.17, 15) is 17.6 Å². The van der Waals surface area contributed by atoms with Crippen molar-refractivity contribution in [3.8, 4) is 0 Å². The van der Waals surface area contributed by atoms with Gasteiger partial charge in [0.25, 0.3) is 15.9 Å². The van der Waals surface area contributed by atoms with E-state index in [1.54, 1.807) is 37.3 Å². The first-order chi connectivity index (χ1) is 12.8. The van der Waals surface area contributed by atoms with Crippen LogP contribution in [0, 0.1) is 5.82 Å². The van der Waals surface area contributed by atoms with Crippen LogP contribution < -0.4 is 10.0 Å². The minimum atomic E-state index is -3.95. The molecule has 27 heavy (non-hydrogen) atoms. The maximum Gasteiger partial charge on any atom is 0.270 e. The number of hydrogen-bond donors (Lipinski definition) is 2. The van der Waals surface area contributed by atoms with Crippen molar-refractivity contribution in [2.75, 3.05) is 5.32 Å². The summed E-state index contributed by atoms with van der Waals surface area (Å²) in [5.74, 6) is -0.819. The van der Waals surface area contributed by atoms with Crippen LogP contribution in [0.5, 0.6) is 0 Å². The monoisotopic (exact) mass is 406 g/mol. The molecule has 1 unspecified atom stereocenters. The van der Waals surface area contributed by atoms with Crippen LogP contribution >= 0.6 is 11.3 Å². The number of rotatable bonds is 6. The molecule has 1 amide bonds. The molecule has 1 heterocycles. The van der Waals surface area contributed by atoms with E-state index in [1.165, 1.54) is 24.3 Å². The van der Waals surface area contributed by atoms with Gasteiger partial charge in [0.2, 0.25) is 9.47 Å². The lowest BCUT2D eigenvalue weighted by molar-refractivity contribution is 0.102. The van der Waals surface area contributed by atoms with Crippen LogP contribution in [0.25, 0.3) is 0 Å². The second-order valence-corrected chi connectivity index (χ2v) is 8.45. The first-order valence-corrected chi connectivity index (χ1v) is 10.1. The predicted molar refractivity (Wildman–Crippen MR) is 99.4 cm³/mol. The second-order valence-electron chi connectivity index (χ2n) is 5.59. The number of halogens is 1. The summed E-state index contributed by atoms with van der Waals surface area (Å²) >= 11 is 0.738. The number of amides is 1. The third-order valence-corrected chi connectivity index (χ3v) is 6.34. The highest BCUT2D eigenvalue weighted by Gasteiger charge is 2.24. The van der Waals surface area contributed by atoms with Crippen LogP contribution in [0.1, 0.15) is 28.9 Å². The minimum absolute atomic E-state index is 0.0682. The average Bonchev–Trinajstić information content (AvgIpc) is 3.12. The van der Waals surface area contributed by atoms with Gasteiger partial charge < -0.3 is 0 Å². The molecule has 3 aromatic rings. The van der Waals surface area contributed by atoms with Crippen LogP contribution in [-0.4, -0.2) is 24.5 Å². The largest absolute Gasteiger partial charge is 0.296 e. The maximum absolute atomic E-state index is 13.0. The Morgan fingerprint density at radius 3 is 2.41 bits per heavy atom. The fraction of sp³-hybridized carbons (Fsp3) is 0.118. The summed E-state index contributed by atoms with van der Waals surface area (Å²) in [6, 6.07) is 13.4. The molecule has 1 atom stereocenters. The number of sulfonamides is 1. The summed E-state index contributed by atoms with van der Waals surface area (Å²) in [5.41, 5.74) is 1.02. The van der Waals surface area contributed by atoms with E-state index in [0.717, 1.165) is 11.3 Å². The van der Waals surface area contributed by atoms with Crippen molar-refractivity contribution in [3.05, 3.63) is 71.5 Å². The van der Waals surface area contributed by atoms with E-state index in [4.69, 9.17) is 0 Å². The van der Waals surface area contributed by atoms with E-state index < -0.39 is 27.8 Å². The number of anilines is 1. The molecule has 1 aromatic heterocycles. The summed E-state index contributed by atoms with van der Waals surface area (Å²) < 4.78 is 40.1. The van der Waals surface area contributed by atoms with Crippen molar-refractivity contribution in [2.24, 2.45) is 0 Å². The second kappa shape index (κ2) is 7.91. The molecule has 0 aliphatic rings. The number of hydrogen-bond acceptors (Lipinski definition) is 6. The summed E-state index contributed by atoms with van der Waals surface area (Å²) in [7, 11) is -3.95. The maximum atomic E-state index is 13.0. The smallest absolute Gasteiger partial charge is 0.270 e. The lowest BCUT2D eigenvalue weighted by atomic mass is 10.1. The molecule has 2 aromatic carbocycles. The van der Waals surface area contributed by atoms with Gasteiger partial charge in [-0.05, 0) is 36.8 Å². The van der Waals surface area contributed by atoms with Gasteiger partial charge in [-0.15, -0.1) is 10.2 Å². The molecule has 10 heteroatoms. The predicted octanol–water partition coefficient (Wildman–Crippen LogP) is 2.97. The number of carbonyl (C=O) groups is 1. The Labute approximate surface area is 159 Å². The van der Waals surface area contributed by atoms with Gasteiger partial charge in [-0.1, -0.05) is 41.7 Å². The molecule has 0 saturated carbocycles. The van der Waals surface area contributed by atoms with Gasteiger partial charge >= 0.3 is 0 Å². The van der Waals surface area contributed by atoms with Gasteiger partial charge in [-0.2, -0.15) is 0 Å². The molecular formula is C17H15FN4O3S2. The zero-order valence-electron chi connectivity index (χ0n) is 14.1. The highest BCUT2D eigenvalue weighted by Crippen LogP contribution is 2.23. The Morgan fingerprint density at radius 1 is 1.07 bits per heavy atom. The van der Waals surface area contributed by atoms with E-state index in [2.05, 4.69) is 20.2 Å². The quantitative estimate of drug-likeness (QED) is 0.613. The van der Waals surface area contributed by atoms with E-state index >= 15 is 0 Å². The topological polar surface area (TPSA) is 101 Å². The molecule has 140 valence electrons. The van der Waals surface area contributed by atoms with Crippen molar-refractivity contribution < 1.29 is 17.6 Å². The Balaban J connectivity index is 1.70. The molecule has 7 nitrogen and oxygen atoms in total. The Morgan fingerprint density at radius 2 is 1.74 bits per heavy atom. The van der Waals surface area contributed by atoms with Crippen LogP contribution in [0.3, 0.4) is 0 Å². The third-order valence-electron chi connectivity index (χ3n) is 3.59. The Kier molecular flexibility index (Phi) is 5.59. The van der Waals surface area contributed by atoms with Crippen LogP contribution in [0.2, 0.25) is 0 Å². The summed E-state index contributed by atoms with van der Waals surface area (Å²) in [5, 5.41) is 9.93. The standard InChI is InChI=1S/C17H15FN4O3S2/c1-11(12-7-9-14(18)10-8-12)22-27(24,25)17-21-20-16(26-17)19-15(23)13-5-3-2-4-6-13/h2-11,22H,1H3,(H,19,20,23). The Bertz CT molecular complexity index is 1040. The Hall–Kier alpha value is -2.69. The molecule has 0 aliphatic carbocycles. The molecular weight excluding hydrogens is 391 g/mol. The normalized spacial score (nSPS) is 12.5. The number of nitrogens with one attached hydrogen (secondary N) is 2. The average molecular weight is 406 g/mol. The zero-order chi connectivity index (χ0) is 19.4. The van der Waals surface area contributed by atoms with Gasteiger partial charge in [-0.25, -0.2) is 17.5 Å². The van der Waals surface area contributed by atoms with Crippen molar-refractivity contribution in [1.29, 1.82) is 0 Å². The number of carbonyl (C=O) groups excluding carboxylic acids is 1. The summed E-state index contributed by atoms with van der Waals surface area (Å²) in [4.78, 5) is 12.1. The lowest BCUT2D eigenvalue weighted by Gasteiger charge is -2.12. The number of nitrogens with zero attached hydrogens (tertiary/aromatic N) is 2. The summed E-state index contributed by atoms with van der Waals surface area (Å²) in [6.45, 7) is 1.63. The number of aromatic nitrogens is 2. The van der Waals surface area contributed by atoms with E-state index in [1.807, 2.05) is 0 Å². The molecule has 0 bridgehead atoms. The lowest BCUT2D eigenvalue weighted by Crippen LogP contribution is -2.26. The molecule has 0 spiro atoms. The van der Waals surface area contributed by atoms with Gasteiger partial charge in [0, 0.05) is 11.6 Å². The zero-order valence-corrected chi connectivity index (χ0v) is 15.7. The highest BCUT2D eigenvalue weighted by atomic mass is 32.2. The molecule has 0 aliphatic heterocycles. The van der Waals surface area contributed by atoms with Gasteiger partial charge in [0.05, 0.1) is 0 Å². The van der Waals surface area contributed by atoms with Gasteiger partial charge in [0.1, 0.15) is 5.82 Å². The molecule has 0 radical (unpaired) electrons. The van der Waals surface area contributed by atoms with Crippen LogP contribution in [-0.2, 0) is 10.0 Å². The molecule has 0 saturated heterocycles. The molecule has 2 N–H and O–H groups in total. The minimum Gasteiger partial charge on any atom is -0.296 e. The summed E-state index contributed by atoms with van der Waals surface area (Å²) in [6.07, 6.45) is 0. The van der Waals surface area contributed by atoms with Crippen molar-refractivity contribution in [2.45, 2.75) is 17.3 Å². The van der Waals surface area contributed by atoms with E-state index in [0.29, 0.717) is 11.1 Å². The first-order valence-electron chi connectivity index (χ1n) is 7.83. The molecule has 3 rings (SSSR count). The number of benzene rings is 2.